The number of ether oxygens (including phenoxy) is 1. The van der Waals surface area contributed by atoms with Gasteiger partial charge in [0.05, 0.1) is 40.4 Å². The van der Waals surface area contributed by atoms with E-state index in [4.69, 9.17) is 29.7 Å². The van der Waals surface area contributed by atoms with Crippen LogP contribution in [0.4, 0.5) is 0 Å². The maximum atomic E-state index is 6.85. The number of benzene rings is 8. The summed E-state index contributed by atoms with van der Waals surface area (Å²) >= 11 is 0. The molecule has 8 aromatic carbocycles. The fourth-order valence-electron chi connectivity index (χ4n) is 9.13. The van der Waals surface area contributed by atoms with Crippen molar-refractivity contribution in [1.29, 1.82) is 0 Å². The Kier molecular flexibility index (Phi) is 10.6. The summed E-state index contributed by atoms with van der Waals surface area (Å²) in [6.07, 6.45) is 0. The molecule has 0 saturated carbocycles. The van der Waals surface area contributed by atoms with E-state index < -0.39 is 0 Å². The summed E-state index contributed by atoms with van der Waals surface area (Å²) in [6, 6.07) is 76.5. The van der Waals surface area contributed by atoms with Crippen molar-refractivity contribution < 1.29 is 4.74 Å². The summed E-state index contributed by atoms with van der Waals surface area (Å²) in [5, 5.41) is 2.34. The highest BCUT2D eigenvalue weighted by Crippen LogP contribution is 2.41. The first-order valence-corrected chi connectivity index (χ1v) is 22.8. The van der Waals surface area contributed by atoms with Crippen LogP contribution in [0.25, 0.3) is 89.3 Å². The monoisotopic (exact) mass is 887 g/mol. The van der Waals surface area contributed by atoms with Crippen LogP contribution in [0.3, 0.4) is 0 Å². The lowest BCUT2D eigenvalue weighted by Gasteiger charge is -2.11. The molecule has 326 valence electrons. The van der Waals surface area contributed by atoms with E-state index in [1.807, 2.05) is 121 Å². The molecule has 0 radical (unpaired) electrons. The SMILES string of the molecule is C=N/C(=C1/Oc2ccc(-c3ccc4c(c3)c3ccccc3n4-c3ccccc3)cc2C1=NCc1nc(-c2ccccc2)cc(-c2ccccc2)n1)c1nc(-c2ccccc2)cc(-c2ccccc2)n1. The third-order valence-electron chi connectivity index (χ3n) is 12.4. The molecule has 11 aromatic rings. The Morgan fingerprint density at radius 3 is 1.49 bits per heavy atom. The fraction of sp³-hybridized carbons (Fsp3) is 0.0164. The highest BCUT2D eigenvalue weighted by Gasteiger charge is 2.31. The summed E-state index contributed by atoms with van der Waals surface area (Å²) in [4.78, 5) is 30.4. The Morgan fingerprint density at radius 1 is 0.449 bits per heavy atom. The van der Waals surface area contributed by atoms with Gasteiger partial charge in [-0.3, -0.25) is 9.98 Å². The predicted octanol–water partition coefficient (Wildman–Crippen LogP) is 14.1. The predicted molar refractivity (Wildman–Crippen MR) is 279 cm³/mol. The van der Waals surface area contributed by atoms with Crippen LogP contribution in [0.1, 0.15) is 17.2 Å². The van der Waals surface area contributed by atoms with E-state index in [9.17, 15) is 0 Å². The number of rotatable bonds is 10. The molecule has 0 aliphatic carbocycles. The standard InChI is InChI=1S/C61H41N7O/c1-62-59(61-66-52(42-23-11-4-12-24-42)38-53(67-61)43-25-13-5-14-26-43)60-58(63-39-57-64-50(40-19-7-2-8-20-40)37-51(65-57)41-21-9-3-10-22-41)49-36-45(32-34-56(49)69-60)44-31-33-55-48(35-44)47-29-17-18-30-54(47)68(55)46-27-15-6-16-28-46/h2-38H,1,39H2/b60-59+,63-58?. The van der Waals surface area contributed by atoms with Crippen LogP contribution in [0.15, 0.2) is 240 Å². The normalized spacial score (nSPS) is 13.4. The molecule has 0 saturated heterocycles. The molecule has 0 bridgehead atoms. The lowest BCUT2D eigenvalue weighted by Crippen LogP contribution is -2.09. The molecule has 0 unspecified atom stereocenters. The molecule has 0 amide bonds. The Morgan fingerprint density at radius 2 is 0.928 bits per heavy atom. The van der Waals surface area contributed by atoms with Gasteiger partial charge in [-0.1, -0.05) is 170 Å². The third-order valence-corrected chi connectivity index (χ3v) is 12.4. The maximum absolute atomic E-state index is 6.85. The molecular weight excluding hydrogens is 847 g/mol. The number of para-hydroxylation sites is 2. The van der Waals surface area contributed by atoms with Gasteiger partial charge in [0.2, 0.25) is 0 Å². The summed E-state index contributed by atoms with van der Waals surface area (Å²) in [6.45, 7) is 4.23. The zero-order valence-electron chi connectivity index (χ0n) is 37.3. The Hall–Kier alpha value is -9.40. The molecule has 1 aliphatic heterocycles. The topological polar surface area (TPSA) is 90.4 Å². The van der Waals surface area contributed by atoms with Crippen molar-refractivity contribution in [2.75, 3.05) is 0 Å². The van der Waals surface area contributed by atoms with Gasteiger partial charge in [-0.15, -0.1) is 0 Å². The van der Waals surface area contributed by atoms with Gasteiger partial charge in [-0.2, -0.15) is 0 Å². The first-order valence-electron chi connectivity index (χ1n) is 22.8. The molecule has 0 N–H and O–H groups in total. The zero-order valence-corrected chi connectivity index (χ0v) is 37.3. The highest BCUT2D eigenvalue weighted by molar-refractivity contribution is 6.20. The first-order chi connectivity index (χ1) is 34.1. The van der Waals surface area contributed by atoms with Crippen molar-refractivity contribution in [2.24, 2.45) is 9.98 Å². The quantitative estimate of drug-likeness (QED) is 0.128. The molecule has 0 fully saturated rings. The minimum Gasteiger partial charge on any atom is -0.452 e. The second-order valence-electron chi connectivity index (χ2n) is 16.7. The van der Waals surface area contributed by atoms with E-state index in [-0.39, 0.29) is 6.54 Å². The van der Waals surface area contributed by atoms with Gasteiger partial charge in [-0.05, 0) is 72.4 Å². The lowest BCUT2D eigenvalue weighted by molar-refractivity contribution is 0.470. The second kappa shape index (κ2) is 17.8. The van der Waals surface area contributed by atoms with E-state index in [0.717, 1.165) is 83.8 Å². The Balaban J connectivity index is 1.03. The molecule has 12 rings (SSSR count). The number of hydrogen-bond acceptors (Lipinski definition) is 7. The highest BCUT2D eigenvalue weighted by atomic mass is 16.5. The molecule has 0 spiro atoms. The minimum atomic E-state index is 0.141. The molecule has 69 heavy (non-hydrogen) atoms. The van der Waals surface area contributed by atoms with Crippen molar-refractivity contribution in [2.45, 2.75) is 6.54 Å². The Bertz CT molecular complexity index is 3660. The average molecular weight is 888 g/mol. The van der Waals surface area contributed by atoms with E-state index in [1.165, 1.54) is 5.39 Å². The third kappa shape index (κ3) is 7.85. The van der Waals surface area contributed by atoms with Gasteiger partial charge < -0.3 is 9.30 Å². The number of nitrogens with zero attached hydrogens (tertiary/aromatic N) is 7. The zero-order chi connectivity index (χ0) is 46.1. The number of hydrogen-bond donors (Lipinski definition) is 0. The summed E-state index contributed by atoms with van der Waals surface area (Å²) in [7, 11) is 0. The van der Waals surface area contributed by atoms with Crippen molar-refractivity contribution in [3.8, 4) is 67.6 Å². The van der Waals surface area contributed by atoms with Crippen LogP contribution in [0.2, 0.25) is 0 Å². The van der Waals surface area contributed by atoms with E-state index in [2.05, 4.69) is 119 Å². The van der Waals surface area contributed by atoms with Gasteiger partial charge in [0, 0.05) is 44.3 Å². The van der Waals surface area contributed by atoms with Crippen molar-refractivity contribution in [1.82, 2.24) is 24.5 Å². The van der Waals surface area contributed by atoms with Crippen LogP contribution in [-0.2, 0) is 6.54 Å². The van der Waals surface area contributed by atoms with Gasteiger partial charge in [0.1, 0.15) is 11.5 Å². The minimum absolute atomic E-state index is 0.141. The van der Waals surface area contributed by atoms with Crippen LogP contribution >= 0.6 is 0 Å². The number of aliphatic imine (C=N–C) groups is 2. The number of fused-ring (bicyclic) bond motifs is 4. The van der Waals surface area contributed by atoms with Crippen molar-refractivity contribution >= 4 is 39.9 Å². The van der Waals surface area contributed by atoms with Crippen molar-refractivity contribution in [3.63, 3.8) is 0 Å². The maximum Gasteiger partial charge on any atom is 0.183 e. The van der Waals surface area contributed by atoms with Crippen molar-refractivity contribution in [3.05, 3.63) is 247 Å². The molecule has 3 aromatic heterocycles. The second-order valence-corrected chi connectivity index (χ2v) is 16.7. The van der Waals surface area contributed by atoms with Crippen LogP contribution in [0, 0.1) is 0 Å². The average Bonchev–Trinajstić information content (AvgIpc) is 3.96. The van der Waals surface area contributed by atoms with Gasteiger partial charge in [0.15, 0.2) is 23.1 Å². The molecule has 4 heterocycles. The summed E-state index contributed by atoms with van der Waals surface area (Å²) < 4.78 is 9.18. The van der Waals surface area contributed by atoms with E-state index >= 15 is 0 Å². The molecule has 8 heteroatoms. The lowest BCUT2D eigenvalue weighted by atomic mass is 9.98. The van der Waals surface area contributed by atoms with E-state index in [1.54, 1.807) is 0 Å². The number of allylic oxidation sites excluding steroid dienone is 1. The van der Waals surface area contributed by atoms with Crippen LogP contribution in [-0.4, -0.2) is 36.9 Å². The first kappa shape index (κ1) is 41.1. The molecular formula is C61H41N7O. The largest absolute Gasteiger partial charge is 0.452 e. The van der Waals surface area contributed by atoms with E-state index in [0.29, 0.717) is 34.6 Å². The van der Waals surface area contributed by atoms with Crippen LogP contribution in [0.5, 0.6) is 5.75 Å². The molecule has 8 nitrogen and oxygen atoms in total. The van der Waals surface area contributed by atoms with Gasteiger partial charge in [0.25, 0.3) is 0 Å². The van der Waals surface area contributed by atoms with Crippen LogP contribution < -0.4 is 4.74 Å². The molecule has 1 aliphatic rings. The van der Waals surface area contributed by atoms with Gasteiger partial charge >= 0.3 is 0 Å². The number of aromatic nitrogens is 5. The summed E-state index contributed by atoms with van der Waals surface area (Å²) in [5.74, 6) is 1.93. The summed E-state index contributed by atoms with van der Waals surface area (Å²) in [5.41, 5.74) is 14.1. The smallest absolute Gasteiger partial charge is 0.183 e. The Labute approximate surface area is 399 Å². The van der Waals surface area contributed by atoms with Gasteiger partial charge in [-0.25, -0.2) is 19.9 Å². The fourth-order valence-corrected chi connectivity index (χ4v) is 9.13. The molecule has 0 atom stereocenters.